The summed E-state index contributed by atoms with van der Waals surface area (Å²) in [4.78, 5) is 17.3. The fourth-order valence-corrected chi connectivity index (χ4v) is 4.60. The minimum Gasteiger partial charge on any atom is -0.755 e. The fourth-order valence-electron chi connectivity index (χ4n) is 3.10. The van der Waals surface area contributed by atoms with Crippen LogP contribution in [0.1, 0.15) is 41.2 Å². The number of carbonyl (C=O) groups is 1. The number of nitrogens with zero attached hydrogens (tertiary/aromatic N) is 1. The fraction of sp³-hybridized carbons (Fsp3) is 0.273. The lowest BCUT2D eigenvalue weighted by molar-refractivity contribution is -0.121. The lowest BCUT2D eigenvalue weighted by atomic mass is 10.0. The molecule has 1 unspecified atom stereocenters. The Kier molecular flexibility index (Phi) is 8.60. The van der Waals surface area contributed by atoms with Crippen LogP contribution in [-0.2, 0) is 35.3 Å². The Morgan fingerprint density at radius 2 is 2.00 bits per heavy atom. The van der Waals surface area contributed by atoms with Crippen molar-refractivity contribution in [1.82, 2.24) is 10.3 Å². The molecule has 164 valence electrons. The molecule has 0 aliphatic rings. The second kappa shape index (κ2) is 11.4. The van der Waals surface area contributed by atoms with Gasteiger partial charge >= 0.3 is 0 Å². The van der Waals surface area contributed by atoms with Crippen molar-refractivity contribution in [2.45, 2.75) is 38.6 Å². The molecular weight excluding hydrogens is 454 g/mol. The summed E-state index contributed by atoms with van der Waals surface area (Å²) in [6, 6.07) is 14.3. The largest absolute Gasteiger partial charge is 0.755 e. The maximum Gasteiger partial charge on any atom is 0.220 e. The van der Waals surface area contributed by atoms with E-state index in [1.54, 1.807) is 12.1 Å². The molecule has 2 N–H and O–H groups in total. The van der Waals surface area contributed by atoms with Crippen molar-refractivity contribution < 1.29 is 13.6 Å². The van der Waals surface area contributed by atoms with Gasteiger partial charge in [-0.1, -0.05) is 42.8 Å². The number of benzene rings is 2. The van der Waals surface area contributed by atoms with Gasteiger partial charge in [-0.15, -0.1) is 11.3 Å². The predicted octanol–water partition coefficient (Wildman–Crippen LogP) is 4.60. The van der Waals surface area contributed by atoms with Crippen LogP contribution in [-0.4, -0.2) is 19.7 Å². The van der Waals surface area contributed by atoms with E-state index in [0.29, 0.717) is 30.0 Å². The van der Waals surface area contributed by atoms with Crippen molar-refractivity contribution in [3.63, 3.8) is 0 Å². The summed E-state index contributed by atoms with van der Waals surface area (Å²) in [6.07, 6.45) is 2.34. The molecule has 1 aromatic heterocycles. The van der Waals surface area contributed by atoms with Gasteiger partial charge in [0.05, 0.1) is 11.7 Å². The van der Waals surface area contributed by atoms with E-state index in [4.69, 9.17) is 11.6 Å². The number of halogens is 1. The molecule has 0 fully saturated rings. The van der Waals surface area contributed by atoms with Crippen molar-refractivity contribution in [3.8, 4) is 0 Å². The standard InChI is InChI=1S/C22H24ClN3O3S2/c1-2-18-14-30-22(24-18)20(13-16-6-9-19(10-7-16)26-31(28)29)25-21(27)11-8-15-4-3-5-17(23)12-15/h3-7,9-10,12,14,20,26H,2,8,11,13H2,1H3,(H,25,27)(H,28,29)/p-1/t20-/m0/s1. The summed E-state index contributed by atoms with van der Waals surface area (Å²) in [5.74, 6) is -0.0572. The summed E-state index contributed by atoms with van der Waals surface area (Å²) in [7, 11) is 0. The molecule has 0 saturated heterocycles. The first kappa shape index (κ1) is 23.4. The highest BCUT2D eigenvalue weighted by Gasteiger charge is 2.19. The zero-order valence-electron chi connectivity index (χ0n) is 17.0. The zero-order valence-corrected chi connectivity index (χ0v) is 19.4. The summed E-state index contributed by atoms with van der Waals surface area (Å²) >= 11 is 5.19. The lowest BCUT2D eigenvalue weighted by Gasteiger charge is -2.17. The minimum absolute atomic E-state index is 0.0572. The predicted molar refractivity (Wildman–Crippen MR) is 125 cm³/mol. The van der Waals surface area contributed by atoms with Crippen molar-refractivity contribution in [1.29, 1.82) is 0 Å². The molecule has 2 atom stereocenters. The van der Waals surface area contributed by atoms with Gasteiger partial charge in [0.1, 0.15) is 5.01 Å². The SMILES string of the molecule is CCc1csc([C@H](Cc2ccc(NS(=O)[O-])cc2)NC(=O)CCc2cccc(Cl)c2)n1. The number of aromatic nitrogens is 1. The van der Waals surface area contributed by atoms with Crippen LogP contribution in [0.5, 0.6) is 0 Å². The Morgan fingerprint density at radius 1 is 1.23 bits per heavy atom. The van der Waals surface area contributed by atoms with Gasteiger partial charge in [-0.05, 0) is 54.7 Å². The Balaban J connectivity index is 1.68. The third kappa shape index (κ3) is 7.43. The Bertz CT molecular complexity index is 1040. The van der Waals surface area contributed by atoms with Crippen LogP contribution in [0, 0.1) is 0 Å². The van der Waals surface area contributed by atoms with E-state index in [-0.39, 0.29) is 11.9 Å². The number of aryl methyl sites for hydroxylation is 2. The van der Waals surface area contributed by atoms with E-state index in [9.17, 15) is 13.6 Å². The molecule has 0 saturated carbocycles. The van der Waals surface area contributed by atoms with E-state index in [0.717, 1.165) is 28.2 Å². The highest BCUT2D eigenvalue weighted by Crippen LogP contribution is 2.24. The maximum absolute atomic E-state index is 12.7. The van der Waals surface area contributed by atoms with Gasteiger partial charge in [-0.25, -0.2) is 4.98 Å². The smallest absolute Gasteiger partial charge is 0.220 e. The molecule has 0 radical (unpaired) electrons. The molecule has 2 aromatic carbocycles. The molecule has 3 aromatic rings. The van der Waals surface area contributed by atoms with Crippen LogP contribution < -0.4 is 10.0 Å². The molecule has 0 bridgehead atoms. The molecule has 0 spiro atoms. The van der Waals surface area contributed by atoms with Crippen LogP contribution >= 0.6 is 22.9 Å². The lowest BCUT2D eigenvalue weighted by Crippen LogP contribution is -2.30. The van der Waals surface area contributed by atoms with Crippen molar-refractivity contribution in [2.24, 2.45) is 0 Å². The van der Waals surface area contributed by atoms with Crippen LogP contribution in [0.3, 0.4) is 0 Å². The highest BCUT2D eigenvalue weighted by atomic mass is 35.5. The summed E-state index contributed by atoms with van der Waals surface area (Å²) in [6.45, 7) is 2.04. The van der Waals surface area contributed by atoms with E-state index < -0.39 is 11.3 Å². The molecule has 31 heavy (non-hydrogen) atoms. The number of nitrogens with one attached hydrogen (secondary N) is 2. The molecular formula is C22H23ClN3O3S2-. The first-order valence-corrected chi connectivity index (χ1v) is 12.2. The van der Waals surface area contributed by atoms with Crippen molar-refractivity contribution >= 4 is 45.8 Å². The average Bonchev–Trinajstić information content (AvgIpc) is 3.22. The number of rotatable bonds is 10. The van der Waals surface area contributed by atoms with E-state index in [1.807, 2.05) is 48.7 Å². The number of hydrogen-bond donors (Lipinski definition) is 2. The summed E-state index contributed by atoms with van der Waals surface area (Å²) in [5, 5.41) is 6.64. The Labute approximate surface area is 193 Å². The van der Waals surface area contributed by atoms with Crippen LogP contribution in [0.15, 0.2) is 53.9 Å². The quantitative estimate of drug-likeness (QED) is 0.418. The third-order valence-corrected chi connectivity index (χ3v) is 6.33. The zero-order chi connectivity index (χ0) is 22.2. The molecule has 1 amide bonds. The monoisotopic (exact) mass is 476 g/mol. The number of amides is 1. The number of anilines is 1. The van der Waals surface area contributed by atoms with E-state index in [2.05, 4.69) is 15.0 Å². The minimum atomic E-state index is -2.36. The van der Waals surface area contributed by atoms with Crippen molar-refractivity contribution in [3.05, 3.63) is 80.8 Å². The van der Waals surface area contributed by atoms with Gasteiger partial charge in [-0.2, -0.15) is 0 Å². The molecule has 0 aliphatic carbocycles. The molecule has 1 heterocycles. The Hall–Kier alpha value is -2.26. The Morgan fingerprint density at radius 3 is 2.65 bits per heavy atom. The number of carbonyl (C=O) groups excluding carboxylic acids is 1. The van der Waals surface area contributed by atoms with Gasteiger partial charge in [0.15, 0.2) is 0 Å². The van der Waals surface area contributed by atoms with Gasteiger partial charge in [0.25, 0.3) is 0 Å². The second-order valence-electron chi connectivity index (χ2n) is 7.02. The number of hydrogen-bond acceptors (Lipinski definition) is 5. The van der Waals surface area contributed by atoms with Crippen LogP contribution in [0.2, 0.25) is 5.02 Å². The average molecular weight is 477 g/mol. The first-order chi connectivity index (χ1) is 14.9. The first-order valence-electron chi connectivity index (χ1n) is 9.86. The van der Waals surface area contributed by atoms with Crippen LogP contribution in [0.4, 0.5) is 5.69 Å². The molecule has 3 rings (SSSR count). The van der Waals surface area contributed by atoms with Gasteiger partial charge < -0.3 is 14.6 Å². The van der Waals surface area contributed by atoms with E-state index >= 15 is 0 Å². The highest BCUT2D eigenvalue weighted by molar-refractivity contribution is 7.80. The molecule has 0 aliphatic heterocycles. The van der Waals surface area contributed by atoms with Gasteiger partial charge in [0.2, 0.25) is 5.91 Å². The molecule has 9 heteroatoms. The van der Waals surface area contributed by atoms with Crippen LogP contribution in [0.25, 0.3) is 0 Å². The van der Waals surface area contributed by atoms with Gasteiger partial charge in [-0.3, -0.25) is 9.00 Å². The summed E-state index contributed by atoms with van der Waals surface area (Å²) < 4.78 is 23.9. The normalized spacial score (nSPS) is 12.9. The maximum atomic E-state index is 12.7. The third-order valence-electron chi connectivity index (χ3n) is 4.69. The van der Waals surface area contributed by atoms with E-state index in [1.165, 1.54) is 11.3 Å². The second-order valence-corrected chi connectivity index (χ2v) is 9.02. The molecule has 6 nitrogen and oxygen atoms in total. The summed E-state index contributed by atoms with van der Waals surface area (Å²) in [5.41, 5.74) is 3.47. The topological polar surface area (TPSA) is 94.1 Å². The van der Waals surface area contributed by atoms with Gasteiger partial charge in [0, 0.05) is 33.8 Å². The number of thiazole rings is 1. The van der Waals surface area contributed by atoms with Crippen molar-refractivity contribution in [2.75, 3.05) is 4.72 Å².